The van der Waals surface area contributed by atoms with E-state index in [4.69, 9.17) is 11.6 Å². The summed E-state index contributed by atoms with van der Waals surface area (Å²) in [5.74, 6) is -0.0598. The van der Waals surface area contributed by atoms with E-state index in [9.17, 15) is 4.79 Å². The largest absolute Gasteiger partial charge is 0.351 e. The predicted molar refractivity (Wildman–Crippen MR) is 107 cm³/mol. The lowest BCUT2D eigenvalue weighted by Crippen LogP contribution is -2.42. The number of hydrogen-bond acceptors (Lipinski definition) is 3. The Morgan fingerprint density at radius 2 is 1.73 bits per heavy atom. The molecule has 0 saturated carbocycles. The molecule has 26 heavy (non-hydrogen) atoms. The Balaban J connectivity index is 1.99. The van der Waals surface area contributed by atoms with E-state index in [0.717, 1.165) is 23.6 Å². The first-order valence-electron chi connectivity index (χ1n) is 9.08. The molecule has 1 aromatic heterocycles. The molecule has 0 radical (unpaired) electrons. The third kappa shape index (κ3) is 4.65. The number of halogens is 1. The summed E-state index contributed by atoms with van der Waals surface area (Å²) in [6.07, 6.45) is 0. The average molecular weight is 377 g/mol. The quantitative estimate of drug-likeness (QED) is 0.794. The monoisotopic (exact) mass is 376 g/mol. The van der Waals surface area contributed by atoms with Crippen LogP contribution in [0.1, 0.15) is 49.4 Å². The molecule has 0 aliphatic carbocycles. The van der Waals surface area contributed by atoms with Gasteiger partial charge in [0.25, 0.3) is 5.91 Å². The van der Waals surface area contributed by atoms with Crippen molar-refractivity contribution in [2.45, 2.75) is 53.6 Å². The third-order valence-corrected chi connectivity index (χ3v) is 5.11. The van der Waals surface area contributed by atoms with Crippen molar-refractivity contribution in [3.8, 4) is 5.69 Å². The van der Waals surface area contributed by atoms with Gasteiger partial charge in [0.05, 0.1) is 22.1 Å². The number of hydrogen-bond donors (Lipinski definition) is 1. The summed E-state index contributed by atoms with van der Waals surface area (Å²) >= 11 is 6.21. The molecular formula is C20H29ClN4O. The zero-order valence-corrected chi connectivity index (χ0v) is 17.3. The van der Waals surface area contributed by atoms with Gasteiger partial charge in [0.2, 0.25) is 0 Å². The molecule has 6 heteroatoms. The minimum absolute atomic E-state index is 0.0598. The lowest BCUT2D eigenvalue weighted by Gasteiger charge is -2.30. The Labute approximate surface area is 161 Å². The standard InChI is InChI=1S/C20H29ClN4O/c1-13(2)24(14(3)4)12-11-22-20(26)17-7-9-18(10-8-17)25-16(6)19(21)15(5)23-25/h7-10,13-14H,11-12H2,1-6H3,(H,22,26). The highest BCUT2D eigenvalue weighted by molar-refractivity contribution is 6.31. The normalized spacial score (nSPS) is 11.6. The highest BCUT2D eigenvalue weighted by Gasteiger charge is 2.14. The maximum Gasteiger partial charge on any atom is 0.251 e. The van der Waals surface area contributed by atoms with Crippen LogP contribution in [0.5, 0.6) is 0 Å². The first kappa shape index (κ1) is 20.5. The van der Waals surface area contributed by atoms with Crippen molar-refractivity contribution in [3.63, 3.8) is 0 Å². The number of nitrogens with one attached hydrogen (secondary N) is 1. The van der Waals surface area contributed by atoms with E-state index in [1.54, 1.807) is 4.68 Å². The van der Waals surface area contributed by atoms with Crippen LogP contribution in [0.4, 0.5) is 0 Å². The van der Waals surface area contributed by atoms with E-state index in [-0.39, 0.29) is 5.91 Å². The second kappa shape index (κ2) is 8.69. The fraction of sp³-hybridized carbons (Fsp3) is 0.500. The van der Waals surface area contributed by atoms with E-state index < -0.39 is 0 Å². The van der Waals surface area contributed by atoms with Crippen molar-refractivity contribution in [1.82, 2.24) is 20.0 Å². The number of aromatic nitrogens is 2. The molecule has 0 unspecified atom stereocenters. The Morgan fingerprint density at radius 1 is 1.15 bits per heavy atom. The van der Waals surface area contributed by atoms with Crippen LogP contribution in [0.3, 0.4) is 0 Å². The Hall–Kier alpha value is -1.85. The Kier molecular flexibility index (Phi) is 6.84. The van der Waals surface area contributed by atoms with Gasteiger partial charge in [-0.05, 0) is 65.8 Å². The molecule has 0 saturated heterocycles. The Bertz CT molecular complexity index is 742. The lowest BCUT2D eigenvalue weighted by molar-refractivity contribution is 0.0939. The van der Waals surface area contributed by atoms with Gasteiger partial charge in [-0.3, -0.25) is 9.69 Å². The minimum atomic E-state index is -0.0598. The Morgan fingerprint density at radius 3 is 2.19 bits per heavy atom. The molecule has 1 amide bonds. The van der Waals surface area contributed by atoms with Crippen molar-refractivity contribution in [1.29, 1.82) is 0 Å². The van der Waals surface area contributed by atoms with Crippen molar-refractivity contribution in [3.05, 3.63) is 46.2 Å². The second-order valence-electron chi connectivity index (χ2n) is 7.12. The van der Waals surface area contributed by atoms with Gasteiger partial charge in [0.15, 0.2) is 0 Å². The van der Waals surface area contributed by atoms with Crippen LogP contribution >= 0.6 is 11.6 Å². The molecule has 142 valence electrons. The maximum absolute atomic E-state index is 12.4. The van der Waals surface area contributed by atoms with Gasteiger partial charge in [0, 0.05) is 30.7 Å². The summed E-state index contributed by atoms with van der Waals surface area (Å²) in [5.41, 5.74) is 3.22. The van der Waals surface area contributed by atoms with Crippen LogP contribution in [0.25, 0.3) is 5.69 Å². The maximum atomic E-state index is 12.4. The smallest absolute Gasteiger partial charge is 0.251 e. The summed E-state index contributed by atoms with van der Waals surface area (Å²) in [7, 11) is 0. The number of carbonyl (C=O) groups excluding carboxylic acids is 1. The van der Waals surface area contributed by atoms with Crippen LogP contribution < -0.4 is 5.32 Å². The van der Waals surface area contributed by atoms with Gasteiger partial charge in [-0.2, -0.15) is 5.10 Å². The molecule has 0 fully saturated rings. The molecule has 1 N–H and O–H groups in total. The number of amides is 1. The molecule has 0 aliphatic heterocycles. The summed E-state index contributed by atoms with van der Waals surface area (Å²) in [6, 6.07) is 8.32. The number of aryl methyl sites for hydroxylation is 1. The van der Waals surface area contributed by atoms with E-state index >= 15 is 0 Å². The van der Waals surface area contributed by atoms with Gasteiger partial charge >= 0.3 is 0 Å². The van der Waals surface area contributed by atoms with Crippen molar-refractivity contribution in [2.24, 2.45) is 0 Å². The van der Waals surface area contributed by atoms with E-state index in [2.05, 4.69) is 43.0 Å². The lowest BCUT2D eigenvalue weighted by atomic mass is 10.2. The summed E-state index contributed by atoms with van der Waals surface area (Å²) in [5, 5.41) is 8.11. The summed E-state index contributed by atoms with van der Waals surface area (Å²) in [6.45, 7) is 14.0. The number of nitrogens with zero attached hydrogens (tertiary/aromatic N) is 3. The molecule has 1 aromatic carbocycles. The minimum Gasteiger partial charge on any atom is -0.351 e. The average Bonchev–Trinajstić information content (AvgIpc) is 2.85. The summed E-state index contributed by atoms with van der Waals surface area (Å²) < 4.78 is 1.79. The molecule has 0 spiro atoms. The summed E-state index contributed by atoms with van der Waals surface area (Å²) in [4.78, 5) is 14.7. The van der Waals surface area contributed by atoms with Crippen LogP contribution in [0.15, 0.2) is 24.3 Å². The molecule has 5 nitrogen and oxygen atoms in total. The van der Waals surface area contributed by atoms with E-state index in [0.29, 0.717) is 29.2 Å². The first-order valence-corrected chi connectivity index (χ1v) is 9.46. The van der Waals surface area contributed by atoms with Crippen LogP contribution in [0, 0.1) is 13.8 Å². The van der Waals surface area contributed by atoms with Crippen molar-refractivity contribution < 1.29 is 4.79 Å². The number of rotatable bonds is 7. The van der Waals surface area contributed by atoms with Gasteiger partial charge in [-0.1, -0.05) is 11.6 Å². The van der Waals surface area contributed by atoms with Crippen molar-refractivity contribution >= 4 is 17.5 Å². The number of carbonyl (C=O) groups is 1. The van der Waals surface area contributed by atoms with Gasteiger partial charge in [-0.15, -0.1) is 0 Å². The SMILES string of the molecule is Cc1nn(-c2ccc(C(=O)NCCN(C(C)C)C(C)C)cc2)c(C)c1Cl. The number of benzene rings is 1. The molecule has 2 aromatic rings. The first-order chi connectivity index (χ1) is 12.2. The van der Waals surface area contributed by atoms with Crippen molar-refractivity contribution in [2.75, 3.05) is 13.1 Å². The van der Waals surface area contributed by atoms with Crippen LogP contribution in [0.2, 0.25) is 5.02 Å². The highest BCUT2D eigenvalue weighted by Crippen LogP contribution is 2.22. The predicted octanol–water partition coefficient (Wildman–Crippen LogP) is 3.99. The fourth-order valence-corrected chi connectivity index (χ4v) is 3.26. The molecule has 0 atom stereocenters. The van der Waals surface area contributed by atoms with Gasteiger partial charge in [-0.25, -0.2) is 4.68 Å². The second-order valence-corrected chi connectivity index (χ2v) is 7.50. The molecule has 2 rings (SSSR count). The zero-order chi connectivity index (χ0) is 19.4. The van der Waals surface area contributed by atoms with Gasteiger partial charge in [0.1, 0.15) is 0 Å². The molecular weight excluding hydrogens is 348 g/mol. The third-order valence-electron chi connectivity index (χ3n) is 4.56. The van der Waals surface area contributed by atoms with Crippen LogP contribution in [-0.4, -0.2) is 45.8 Å². The van der Waals surface area contributed by atoms with E-state index in [1.165, 1.54) is 0 Å². The molecule has 0 aliphatic rings. The van der Waals surface area contributed by atoms with E-state index in [1.807, 2.05) is 38.1 Å². The molecule has 0 bridgehead atoms. The van der Waals surface area contributed by atoms with Gasteiger partial charge < -0.3 is 5.32 Å². The zero-order valence-electron chi connectivity index (χ0n) is 16.5. The highest BCUT2D eigenvalue weighted by atomic mass is 35.5. The molecule has 1 heterocycles. The topological polar surface area (TPSA) is 50.2 Å². The fourth-order valence-electron chi connectivity index (χ4n) is 3.14. The van der Waals surface area contributed by atoms with Crippen LogP contribution in [-0.2, 0) is 0 Å².